The van der Waals surface area contributed by atoms with Crippen LogP contribution < -0.4 is 0 Å². The Hall–Kier alpha value is -2.57. The lowest BCUT2D eigenvalue weighted by Gasteiger charge is -2.23. The Bertz CT molecular complexity index is 1070. The predicted octanol–water partition coefficient (Wildman–Crippen LogP) is 5.75. The molecule has 0 bridgehead atoms. The Kier molecular flexibility index (Phi) is 7.57. The van der Waals surface area contributed by atoms with Gasteiger partial charge >= 0.3 is 5.97 Å². The SMILES string of the molecule is CCSc1c(CO)ncn1-c1c(C(C)CC)ccc(-c2ccccc2C(=O)OC)c1C. The van der Waals surface area contributed by atoms with Gasteiger partial charge in [-0.15, -0.1) is 11.8 Å². The molecule has 164 valence electrons. The Morgan fingerprint density at radius 3 is 2.58 bits per heavy atom. The largest absolute Gasteiger partial charge is 0.465 e. The van der Waals surface area contributed by atoms with Crippen LogP contribution in [0, 0.1) is 6.92 Å². The summed E-state index contributed by atoms with van der Waals surface area (Å²) < 4.78 is 7.11. The van der Waals surface area contributed by atoms with E-state index in [1.165, 1.54) is 12.7 Å². The average Bonchev–Trinajstić information content (AvgIpc) is 3.20. The van der Waals surface area contributed by atoms with Crippen molar-refractivity contribution >= 4 is 17.7 Å². The van der Waals surface area contributed by atoms with Crippen LogP contribution in [0.4, 0.5) is 0 Å². The summed E-state index contributed by atoms with van der Waals surface area (Å²) in [5.74, 6) is 0.870. The van der Waals surface area contributed by atoms with Gasteiger partial charge in [0.15, 0.2) is 0 Å². The van der Waals surface area contributed by atoms with Crippen LogP contribution in [0.3, 0.4) is 0 Å². The number of thioether (sulfide) groups is 1. The van der Waals surface area contributed by atoms with Crippen molar-refractivity contribution < 1.29 is 14.6 Å². The molecular weight excluding hydrogens is 408 g/mol. The third-order valence-electron chi connectivity index (χ3n) is 5.69. The molecule has 0 amide bonds. The highest BCUT2D eigenvalue weighted by Gasteiger charge is 2.22. The van der Waals surface area contributed by atoms with Gasteiger partial charge in [0.2, 0.25) is 0 Å². The maximum absolute atomic E-state index is 12.4. The lowest BCUT2D eigenvalue weighted by molar-refractivity contribution is 0.0601. The number of hydrogen-bond acceptors (Lipinski definition) is 5. The van der Waals surface area contributed by atoms with Crippen LogP contribution in [0.1, 0.15) is 60.3 Å². The van der Waals surface area contributed by atoms with Crippen molar-refractivity contribution in [3.8, 4) is 16.8 Å². The first kappa shape index (κ1) is 23.1. The number of rotatable bonds is 8. The zero-order valence-corrected chi connectivity index (χ0v) is 19.6. The topological polar surface area (TPSA) is 64.4 Å². The number of aromatic nitrogens is 2. The lowest BCUT2D eigenvalue weighted by Crippen LogP contribution is -2.09. The molecule has 1 atom stereocenters. The van der Waals surface area contributed by atoms with Crippen LogP contribution >= 0.6 is 11.8 Å². The predicted molar refractivity (Wildman–Crippen MR) is 126 cm³/mol. The molecule has 5 nitrogen and oxygen atoms in total. The number of aliphatic hydroxyl groups excluding tert-OH is 1. The molecule has 0 aliphatic heterocycles. The number of hydrogen-bond donors (Lipinski definition) is 1. The highest BCUT2D eigenvalue weighted by Crippen LogP contribution is 2.38. The quantitative estimate of drug-likeness (QED) is 0.358. The zero-order valence-electron chi connectivity index (χ0n) is 18.8. The maximum atomic E-state index is 12.4. The fourth-order valence-corrected chi connectivity index (χ4v) is 4.72. The molecule has 3 aromatic rings. The molecule has 0 aliphatic carbocycles. The van der Waals surface area contributed by atoms with E-state index in [1.807, 2.05) is 18.2 Å². The van der Waals surface area contributed by atoms with E-state index in [9.17, 15) is 9.90 Å². The summed E-state index contributed by atoms with van der Waals surface area (Å²) in [5.41, 5.74) is 6.40. The Balaban J connectivity index is 2.32. The van der Waals surface area contributed by atoms with Crippen LogP contribution in [0.2, 0.25) is 0 Å². The molecule has 0 aliphatic rings. The van der Waals surface area contributed by atoms with Gasteiger partial charge < -0.3 is 9.84 Å². The normalized spacial score (nSPS) is 12.1. The second-order valence-electron chi connectivity index (χ2n) is 7.48. The smallest absolute Gasteiger partial charge is 0.338 e. The number of methoxy groups -OCH3 is 1. The summed E-state index contributed by atoms with van der Waals surface area (Å²) in [4.78, 5) is 16.9. The maximum Gasteiger partial charge on any atom is 0.338 e. The van der Waals surface area contributed by atoms with Gasteiger partial charge in [-0.1, -0.05) is 51.1 Å². The van der Waals surface area contributed by atoms with Crippen molar-refractivity contribution in [2.24, 2.45) is 0 Å². The molecule has 1 unspecified atom stereocenters. The highest BCUT2D eigenvalue weighted by molar-refractivity contribution is 7.99. The van der Waals surface area contributed by atoms with E-state index in [4.69, 9.17) is 4.74 Å². The van der Waals surface area contributed by atoms with Gasteiger partial charge in [0.05, 0.1) is 30.7 Å². The highest BCUT2D eigenvalue weighted by atomic mass is 32.2. The Morgan fingerprint density at radius 2 is 1.94 bits per heavy atom. The van der Waals surface area contributed by atoms with Crippen LogP contribution in [0.25, 0.3) is 16.8 Å². The summed E-state index contributed by atoms with van der Waals surface area (Å²) >= 11 is 1.67. The standard InChI is InChI=1S/C25H30N2O3S/c1-6-16(3)18-12-13-19(20-10-8-9-11-21(20)25(29)30-5)17(4)23(18)27-15-26-22(14-28)24(27)31-7-2/h8-13,15-16,28H,6-7,14H2,1-5H3. The summed E-state index contributed by atoms with van der Waals surface area (Å²) in [6.07, 6.45) is 2.80. The van der Waals surface area contributed by atoms with Crippen molar-refractivity contribution in [2.75, 3.05) is 12.9 Å². The third-order valence-corrected chi connectivity index (χ3v) is 6.69. The molecule has 1 heterocycles. The summed E-state index contributed by atoms with van der Waals surface area (Å²) in [7, 11) is 1.40. The van der Waals surface area contributed by atoms with Gasteiger partial charge in [-0.25, -0.2) is 9.78 Å². The molecule has 0 fully saturated rings. The molecule has 0 spiro atoms. The van der Waals surface area contributed by atoms with E-state index in [1.54, 1.807) is 24.2 Å². The van der Waals surface area contributed by atoms with Crippen molar-refractivity contribution in [2.45, 2.75) is 51.7 Å². The van der Waals surface area contributed by atoms with E-state index in [2.05, 4.69) is 49.4 Å². The molecule has 0 saturated heterocycles. The molecule has 3 rings (SSSR count). The van der Waals surface area contributed by atoms with Gasteiger partial charge in [-0.3, -0.25) is 4.57 Å². The second kappa shape index (κ2) is 10.2. The fraction of sp³-hybridized carbons (Fsp3) is 0.360. The van der Waals surface area contributed by atoms with Crippen molar-refractivity contribution in [1.29, 1.82) is 0 Å². The second-order valence-corrected chi connectivity index (χ2v) is 8.73. The fourth-order valence-electron chi connectivity index (χ4n) is 3.89. The van der Waals surface area contributed by atoms with Crippen LogP contribution in [-0.2, 0) is 11.3 Å². The number of ether oxygens (including phenoxy) is 1. The van der Waals surface area contributed by atoms with Gasteiger partial charge in [0.25, 0.3) is 0 Å². The molecule has 31 heavy (non-hydrogen) atoms. The molecule has 0 saturated carbocycles. The van der Waals surface area contributed by atoms with Crippen LogP contribution in [0.5, 0.6) is 0 Å². The van der Waals surface area contributed by atoms with E-state index in [-0.39, 0.29) is 12.6 Å². The van der Waals surface area contributed by atoms with Crippen molar-refractivity contribution in [1.82, 2.24) is 9.55 Å². The molecular formula is C25H30N2O3S. The molecule has 1 aromatic heterocycles. The molecule has 6 heteroatoms. The first-order valence-corrected chi connectivity index (χ1v) is 11.6. The van der Waals surface area contributed by atoms with E-state index < -0.39 is 0 Å². The summed E-state index contributed by atoms with van der Waals surface area (Å²) in [5, 5.41) is 10.8. The number of carbonyl (C=O) groups excluding carboxylic acids is 1. The number of carbonyl (C=O) groups is 1. The van der Waals surface area contributed by atoms with Gasteiger partial charge in [0.1, 0.15) is 11.4 Å². The molecule has 1 N–H and O–H groups in total. The zero-order chi connectivity index (χ0) is 22.5. The third kappa shape index (κ3) is 4.41. The molecule has 2 aromatic carbocycles. The molecule has 0 radical (unpaired) electrons. The number of esters is 1. The van der Waals surface area contributed by atoms with E-state index in [0.29, 0.717) is 17.2 Å². The van der Waals surface area contributed by atoms with Crippen LogP contribution in [0.15, 0.2) is 47.8 Å². The Morgan fingerprint density at radius 1 is 1.19 bits per heavy atom. The number of benzene rings is 2. The van der Waals surface area contributed by atoms with Crippen molar-refractivity contribution in [3.05, 3.63) is 65.1 Å². The first-order chi connectivity index (χ1) is 15.0. The summed E-state index contributed by atoms with van der Waals surface area (Å²) in [6.45, 7) is 8.48. The van der Waals surface area contributed by atoms with E-state index >= 15 is 0 Å². The minimum atomic E-state index is -0.352. The van der Waals surface area contributed by atoms with E-state index in [0.717, 1.165) is 39.6 Å². The summed E-state index contributed by atoms with van der Waals surface area (Å²) in [6, 6.07) is 11.8. The minimum absolute atomic E-state index is 0.0993. The Labute approximate surface area is 188 Å². The van der Waals surface area contributed by atoms with Gasteiger partial charge in [-0.05, 0) is 53.3 Å². The monoisotopic (exact) mass is 438 g/mol. The number of imidazole rings is 1. The minimum Gasteiger partial charge on any atom is -0.465 e. The van der Waals surface area contributed by atoms with Crippen LogP contribution in [-0.4, -0.2) is 33.5 Å². The number of nitrogens with zero attached hydrogens (tertiary/aromatic N) is 2. The van der Waals surface area contributed by atoms with Gasteiger partial charge in [0, 0.05) is 0 Å². The average molecular weight is 439 g/mol. The lowest BCUT2D eigenvalue weighted by atomic mass is 9.88. The number of aliphatic hydroxyl groups is 1. The van der Waals surface area contributed by atoms with Crippen molar-refractivity contribution in [3.63, 3.8) is 0 Å². The first-order valence-electron chi connectivity index (χ1n) is 10.6. The van der Waals surface area contributed by atoms with Gasteiger partial charge in [-0.2, -0.15) is 0 Å².